The molecule has 1 aliphatic heterocycles. The van der Waals surface area contributed by atoms with Gasteiger partial charge in [0.1, 0.15) is 5.82 Å². The van der Waals surface area contributed by atoms with Gasteiger partial charge in [-0.05, 0) is 69.3 Å². The number of hydrogen-bond donors (Lipinski definition) is 1. The van der Waals surface area contributed by atoms with Crippen LogP contribution in [0.15, 0.2) is 53.7 Å². The highest BCUT2D eigenvalue weighted by atomic mass is 32.2. The summed E-state index contributed by atoms with van der Waals surface area (Å²) in [6.45, 7) is 4.13. The number of benzene rings is 2. The number of carbonyl (C=O) groups excluding carboxylic acids is 2. The Morgan fingerprint density at radius 3 is 2.48 bits per heavy atom. The maximum atomic E-state index is 13.5. The van der Waals surface area contributed by atoms with Gasteiger partial charge in [0.25, 0.3) is 0 Å². The minimum Gasteiger partial charge on any atom is -0.325 e. The van der Waals surface area contributed by atoms with Crippen molar-refractivity contribution in [3.8, 4) is 5.69 Å². The summed E-state index contributed by atoms with van der Waals surface area (Å²) in [7, 11) is 0. The monoisotopic (exact) mass is 467 g/mol. The second kappa shape index (κ2) is 10.7. The third-order valence-electron chi connectivity index (χ3n) is 5.51. The lowest BCUT2D eigenvalue weighted by Crippen LogP contribution is -2.30. The molecule has 33 heavy (non-hydrogen) atoms. The summed E-state index contributed by atoms with van der Waals surface area (Å²) >= 11 is 1.25. The number of hydrogen-bond acceptors (Lipinski definition) is 6. The van der Waals surface area contributed by atoms with E-state index in [0.29, 0.717) is 23.0 Å². The predicted octanol–water partition coefficient (Wildman–Crippen LogP) is 4.33. The number of nitrogens with one attached hydrogen (secondary N) is 1. The standard InChI is InChI=1S/C24H26FN5O2S/c1-17(31)20-7-3-4-8-21(20)26-23(32)16-33-24-28-27-22(15-29-13-5-2-6-14-29)30(24)19-11-9-18(25)10-12-19/h3-4,7-12H,2,5-6,13-16H2,1H3,(H,26,32). The maximum absolute atomic E-state index is 13.5. The van der Waals surface area contributed by atoms with Gasteiger partial charge in [-0.15, -0.1) is 10.2 Å². The van der Waals surface area contributed by atoms with E-state index in [-0.39, 0.29) is 23.3 Å². The summed E-state index contributed by atoms with van der Waals surface area (Å²) in [6.07, 6.45) is 3.56. The molecule has 172 valence electrons. The van der Waals surface area contributed by atoms with Gasteiger partial charge in [-0.3, -0.25) is 19.1 Å². The van der Waals surface area contributed by atoms with Crippen LogP contribution in [0.3, 0.4) is 0 Å². The van der Waals surface area contributed by atoms with Crippen molar-refractivity contribution in [1.29, 1.82) is 0 Å². The minimum absolute atomic E-state index is 0.0925. The highest BCUT2D eigenvalue weighted by Gasteiger charge is 2.20. The molecule has 0 radical (unpaired) electrons. The van der Waals surface area contributed by atoms with Gasteiger partial charge >= 0.3 is 0 Å². The molecule has 0 aliphatic carbocycles. The van der Waals surface area contributed by atoms with Gasteiger partial charge in [0, 0.05) is 11.3 Å². The van der Waals surface area contributed by atoms with Crippen LogP contribution in [-0.2, 0) is 11.3 Å². The van der Waals surface area contributed by atoms with Gasteiger partial charge in [-0.25, -0.2) is 4.39 Å². The number of piperidine rings is 1. The number of halogens is 1. The second-order valence-electron chi connectivity index (χ2n) is 7.99. The van der Waals surface area contributed by atoms with Crippen molar-refractivity contribution in [1.82, 2.24) is 19.7 Å². The zero-order valence-corrected chi connectivity index (χ0v) is 19.3. The number of rotatable bonds is 8. The van der Waals surface area contributed by atoms with Crippen LogP contribution in [-0.4, -0.2) is 50.2 Å². The van der Waals surface area contributed by atoms with E-state index in [1.807, 2.05) is 4.57 Å². The topological polar surface area (TPSA) is 80.1 Å². The Kier molecular flexibility index (Phi) is 7.51. The molecule has 0 bridgehead atoms. The molecule has 1 N–H and O–H groups in total. The van der Waals surface area contributed by atoms with E-state index >= 15 is 0 Å². The number of thioether (sulfide) groups is 1. The Balaban J connectivity index is 1.51. The molecule has 2 aromatic carbocycles. The van der Waals surface area contributed by atoms with Crippen LogP contribution in [0.5, 0.6) is 0 Å². The van der Waals surface area contributed by atoms with Crippen LogP contribution >= 0.6 is 11.8 Å². The van der Waals surface area contributed by atoms with E-state index in [1.165, 1.54) is 37.2 Å². The van der Waals surface area contributed by atoms with E-state index in [2.05, 4.69) is 20.4 Å². The molecule has 1 saturated heterocycles. The molecule has 1 aliphatic rings. The van der Waals surface area contributed by atoms with Crippen molar-refractivity contribution in [2.24, 2.45) is 0 Å². The van der Waals surface area contributed by atoms with Gasteiger partial charge in [0.2, 0.25) is 5.91 Å². The minimum atomic E-state index is -0.317. The van der Waals surface area contributed by atoms with Crippen molar-refractivity contribution in [2.45, 2.75) is 37.9 Å². The number of ketones is 1. The zero-order valence-electron chi connectivity index (χ0n) is 18.5. The fourth-order valence-corrected chi connectivity index (χ4v) is 4.65. The molecule has 1 fully saturated rings. The normalized spacial score (nSPS) is 14.2. The van der Waals surface area contributed by atoms with Crippen LogP contribution in [0, 0.1) is 5.82 Å². The lowest BCUT2D eigenvalue weighted by atomic mass is 10.1. The average molecular weight is 468 g/mol. The quantitative estimate of drug-likeness (QED) is 0.393. The Bertz CT molecular complexity index is 1130. The summed E-state index contributed by atoms with van der Waals surface area (Å²) in [5.74, 6) is 0.169. The first-order valence-electron chi connectivity index (χ1n) is 11.0. The molecule has 3 aromatic rings. The number of para-hydroxylation sites is 1. The fraction of sp³-hybridized carbons (Fsp3) is 0.333. The molecule has 9 heteroatoms. The van der Waals surface area contributed by atoms with Gasteiger partial charge < -0.3 is 5.32 Å². The Morgan fingerprint density at radius 1 is 1.03 bits per heavy atom. The molecule has 1 amide bonds. The number of amides is 1. The smallest absolute Gasteiger partial charge is 0.234 e. The lowest BCUT2D eigenvalue weighted by molar-refractivity contribution is -0.113. The lowest BCUT2D eigenvalue weighted by Gasteiger charge is -2.26. The third kappa shape index (κ3) is 5.85. The number of carbonyl (C=O) groups is 2. The molecule has 0 unspecified atom stereocenters. The van der Waals surface area contributed by atoms with E-state index < -0.39 is 0 Å². The van der Waals surface area contributed by atoms with Crippen LogP contribution < -0.4 is 5.32 Å². The van der Waals surface area contributed by atoms with Crippen molar-refractivity contribution in [2.75, 3.05) is 24.2 Å². The Hall–Kier alpha value is -3.04. The maximum Gasteiger partial charge on any atom is 0.234 e. The van der Waals surface area contributed by atoms with Crippen LogP contribution in [0.25, 0.3) is 5.69 Å². The van der Waals surface area contributed by atoms with Crippen LogP contribution in [0.4, 0.5) is 10.1 Å². The van der Waals surface area contributed by atoms with E-state index in [1.54, 1.807) is 36.4 Å². The van der Waals surface area contributed by atoms with E-state index in [0.717, 1.165) is 37.4 Å². The highest BCUT2D eigenvalue weighted by molar-refractivity contribution is 7.99. The first-order valence-corrected chi connectivity index (χ1v) is 11.9. The Labute approximate surface area is 196 Å². The highest BCUT2D eigenvalue weighted by Crippen LogP contribution is 2.25. The van der Waals surface area contributed by atoms with Crippen LogP contribution in [0.2, 0.25) is 0 Å². The molecular weight excluding hydrogens is 441 g/mol. The van der Waals surface area contributed by atoms with Crippen molar-refractivity contribution >= 4 is 29.1 Å². The number of likely N-dealkylation sites (tertiary alicyclic amines) is 1. The SMILES string of the molecule is CC(=O)c1ccccc1NC(=O)CSc1nnc(CN2CCCCC2)n1-c1ccc(F)cc1. The fourth-order valence-electron chi connectivity index (χ4n) is 3.88. The summed E-state index contributed by atoms with van der Waals surface area (Å²) in [5.41, 5.74) is 1.70. The van der Waals surface area contributed by atoms with Crippen molar-refractivity contribution in [3.05, 3.63) is 65.7 Å². The summed E-state index contributed by atoms with van der Waals surface area (Å²) < 4.78 is 15.4. The van der Waals surface area contributed by atoms with E-state index in [4.69, 9.17) is 0 Å². The first-order chi connectivity index (χ1) is 16.0. The number of anilines is 1. The van der Waals surface area contributed by atoms with Crippen molar-refractivity contribution < 1.29 is 14.0 Å². The van der Waals surface area contributed by atoms with Crippen molar-refractivity contribution in [3.63, 3.8) is 0 Å². The molecule has 0 saturated carbocycles. The zero-order chi connectivity index (χ0) is 23.2. The van der Waals surface area contributed by atoms with E-state index in [9.17, 15) is 14.0 Å². The molecule has 0 spiro atoms. The van der Waals surface area contributed by atoms with Gasteiger partial charge in [-0.2, -0.15) is 0 Å². The third-order valence-corrected chi connectivity index (χ3v) is 6.44. The summed E-state index contributed by atoms with van der Waals surface area (Å²) in [6, 6.07) is 13.1. The molecule has 2 heterocycles. The molecule has 4 rings (SSSR count). The van der Waals surface area contributed by atoms with Crippen LogP contribution in [0.1, 0.15) is 42.4 Å². The summed E-state index contributed by atoms with van der Waals surface area (Å²) in [4.78, 5) is 26.8. The van der Waals surface area contributed by atoms with Gasteiger partial charge in [0.05, 0.1) is 18.0 Å². The molecular formula is C24H26FN5O2S. The molecule has 0 atom stereocenters. The molecule has 1 aromatic heterocycles. The van der Waals surface area contributed by atoms with Gasteiger partial charge in [-0.1, -0.05) is 30.3 Å². The summed E-state index contributed by atoms with van der Waals surface area (Å²) in [5, 5.41) is 12.1. The second-order valence-corrected chi connectivity index (χ2v) is 8.93. The number of Topliss-reactive ketones (excluding diaryl/α,β-unsaturated/α-hetero) is 1. The predicted molar refractivity (Wildman–Crippen MR) is 126 cm³/mol. The molecule has 7 nitrogen and oxygen atoms in total. The first kappa shape index (κ1) is 23.1. The number of nitrogens with zero attached hydrogens (tertiary/aromatic N) is 4. The Morgan fingerprint density at radius 2 is 1.76 bits per heavy atom. The largest absolute Gasteiger partial charge is 0.325 e. The van der Waals surface area contributed by atoms with Gasteiger partial charge in [0.15, 0.2) is 16.8 Å². The average Bonchev–Trinajstić information content (AvgIpc) is 3.21. The number of aromatic nitrogens is 3.